The quantitative estimate of drug-likeness (QED) is 0.809. The highest BCUT2D eigenvalue weighted by Gasteiger charge is 2.16. The third-order valence-electron chi connectivity index (χ3n) is 3.81. The van der Waals surface area contributed by atoms with Crippen LogP contribution in [0, 0.1) is 5.92 Å². The Kier molecular flexibility index (Phi) is 2.83. The molecule has 0 radical (unpaired) electrons. The topological polar surface area (TPSA) is 24.1 Å². The van der Waals surface area contributed by atoms with Crippen molar-refractivity contribution in [2.75, 3.05) is 25.0 Å². The van der Waals surface area contributed by atoms with Crippen LogP contribution in [0.2, 0.25) is 0 Å². The number of hydrogen-bond acceptors (Lipinski definition) is 2. The van der Waals surface area contributed by atoms with Gasteiger partial charge in [0.05, 0.1) is 0 Å². The molecule has 1 saturated heterocycles. The molecule has 2 N–H and O–H groups in total. The Labute approximate surface area is 97.4 Å². The minimum absolute atomic E-state index is 0.830. The van der Waals surface area contributed by atoms with E-state index in [9.17, 15) is 0 Å². The van der Waals surface area contributed by atoms with Crippen molar-refractivity contribution < 1.29 is 0 Å². The Morgan fingerprint density at radius 2 is 1.94 bits per heavy atom. The van der Waals surface area contributed by atoms with Crippen LogP contribution >= 0.6 is 0 Å². The van der Waals surface area contributed by atoms with Gasteiger partial charge < -0.3 is 10.6 Å². The Bertz CT molecular complexity index is 369. The number of rotatable bonds is 3. The van der Waals surface area contributed by atoms with Crippen molar-refractivity contribution in [1.82, 2.24) is 5.32 Å². The van der Waals surface area contributed by atoms with Gasteiger partial charge in [0.25, 0.3) is 0 Å². The fraction of sp³-hybridized carbons (Fsp3) is 0.571. The average Bonchev–Trinajstić information content (AvgIpc) is 2.27. The number of aryl methyl sites for hydroxylation is 2. The summed E-state index contributed by atoms with van der Waals surface area (Å²) in [6, 6.07) is 6.92. The summed E-state index contributed by atoms with van der Waals surface area (Å²) in [5, 5.41) is 6.86. The van der Waals surface area contributed by atoms with Crippen molar-refractivity contribution in [1.29, 1.82) is 0 Å². The van der Waals surface area contributed by atoms with E-state index in [1.54, 1.807) is 11.1 Å². The normalized spacial score (nSPS) is 20.0. The van der Waals surface area contributed by atoms with E-state index in [4.69, 9.17) is 0 Å². The van der Waals surface area contributed by atoms with Crippen molar-refractivity contribution >= 4 is 5.69 Å². The molecule has 16 heavy (non-hydrogen) atoms. The van der Waals surface area contributed by atoms with E-state index >= 15 is 0 Å². The van der Waals surface area contributed by atoms with Gasteiger partial charge in [-0.15, -0.1) is 0 Å². The first-order chi connectivity index (χ1) is 7.92. The van der Waals surface area contributed by atoms with E-state index in [2.05, 4.69) is 28.8 Å². The van der Waals surface area contributed by atoms with Gasteiger partial charge in [-0.25, -0.2) is 0 Å². The van der Waals surface area contributed by atoms with Crippen LogP contribution < -0.4 is 10.6 Å². The third kappa shape index (κ3) is 2.07. The third-order valence-corrected chi connectivity index (χ3v) is 3.81. The highest BCUT2D eigenvalue weighted by atomic mass is 15.0. The fourth-order valence-electron chi connectivity index (χ4n) is 2.60. The summed E-state index contributed by atoms with van der Waals surface area (Å²) in [4.78, 5) is 0. The van der Waals surface area contributed by atoms with Crippen LogP contribution in [0.4, 0.5) is 5.69 Å². The number of anilines is 1. The molecule has 2 heteroatoms. The van der Waals surface area contributed by atoms with Gasteiger partial charge in [-0.2, -0.15) is 0 Å². The molecule has 1 aliphatic carbocycles. The number of hydrogen-bond donors (Lipinski definition) is 2. The molecule has 0 spiro atoms. The van der Waals surface area contributed by atoms with Gasteiger partial charge in [0.1, 0.15) is 0 Å². The highest BCUT2D eigenvalue weighted by Crippen LogP contribution is 2.24. The van der Waals surface area contributed by atoms with Crippen molar-refractivity contribution in [2.45, 2.75) is 25.7 Å². The maximum Gasteiger partial charge on any atom is 0.0343 e. The first-order valence-electron chi connectivity index (χ1n) is 6.48. The molecule has 1 aromatic rings. The molecule has 0 amide bonds. The summed E-state index contributed by atoms with van der Waals surface area (Å²) < 4.78 is 0. The van der Waals surface area contributed by atoms with Crippen molar-refractivity contribution in [2.24, 2.45) is 5.92 Å². The first-order valence-corrected chi connectivity index (χ1v) is 6.48. The average molecular weight is 216 g/mol. The monoisotopic (exact) mass is 216 g/mol. The molecular weight excluding hydrogens is 196 g/mol. The molecule has 0 saturated carbocycles. The molecule has 1 aliphatic heterocycles. The van der Waals surface area contributed by atoms with Gasteiger partial charge in [0, 0.05) is 31.2 Å². The van der Waals surface area contributed by atoms with Crippen LogP contribution in [-0.4, -0.2) is 19.6 Å². The fourth-order valence-corrected chi connectivity index (χ4v) is 2.60. The largest absolute Gasteiger partial charge is 0.385 e. The van der Waals surface area contributed by atoms with Crippen molar-refractivity contribution in [3.8, 4) is 0 Å². The SMILES string of the molecule is c1cc2c(cc1NCC1CNC1)CCCC2. The second kappa shape index (κ2) is 4.46. The smallest absolute Gasteiger partial charge is 0.0343 e. The molecule has 0 aromatic heterocycles. The molecule has 2 nitrogen and oxygen atoms in total. The summed E-state index contributed by atoms with van der Waals surface area (Å²) in [6.07, 6.45) is 5.29. The summed E-state index contributed by atoms with van der Waals surface area (Å²) in [6.45, 7) is 3.47. The Morgan fingerprint density at radius 1 is 1.12 bits per heavy atom. The van der Waals surface area contributed by atoms with Gasteiger partial charge in [0.2, 0.25) is 0 Å². The van der Waals surface area contributed by atoms with Gasteiger partial charge >= 0.3 is 0 Å². The predicted octanol–water partition coefficient (Wildman–Crippen LogP) is 2.20. The summed E-state index contributed by atoms with van der Waals surface area (Å²) >= 11 is 0. The number of benzene rings is 1. The Morgan fingerprint density at radius 3 is 2.69 bits per heavy atom. The Hall–Kier alpha value is -1.02. The van der Waals surface area contributed by atoms with Crippen LogP contribution in [0.25, 0.3) is 0 Å². The lowest BCUT2D eigenvalue weighted by molar-refractivity contribution is 0.365. The number of nitrogens with one attached hydrogen (secondary N) is 2. The van der Waals surface area contributed by atoms with Crippen molar-refractivity contribution in [3.05, 3.63) is 29.3 Å². The summed E-state index contributed by atoms with van der Waals surface area (Å²) in [7, 11) is 0. The highest BCUT2D eigenvalue weighted by molar-refractivity contribution is 5.49. The molecule has 2 aliphatic rings. The maximum atomic E-state index is 3.56. The molecule has 0 unspecified atom stereocenters. The molecule has 3 rings (SSSR count). The van der Waals surface area contributed by atoms with Crippen LogP contribution in [0.15, 0.2) is 18.2 Å². The van der Waals surface area contributed by atoms with Gasteiger partial charge in [0.15, 0.2) is 0 Å². The molecule has 1 fully saturated rings. The summed E-state index contributed by atoms with van der Waals surface area (Å²) in [5.74, 6) is 0.830. The van der Waals surface area contributed by atoms with E-state index in [-0.39, 0.29) is 0 Å². The molecule has 86 valence electrons. The van der Waals surface area contributed by atoms with Crippen LogP contribution in [0.3, 0.4) is 0 Å². The van der Waals surface area contributed by atoms with E-state index in [0.29, 0.717) is 0 Å². The second-order valence-corrected chi connectivity index (χ2v) is 5.10. The minimum Gasteiger partial charge on any atom is -0.385 e. The molecule has 1 heterocycles. The van der Waals surface area contributed by atoms with Gasteiger partial charge in [-0.05, 0) is 48.9 Å². The molecule has 0 atom stereocenters. The zero-order chi connectivity index (χ0) is 10.8. The molecule has 0 bridgehead atoms. The zero-order valence-corrected chi connectivity index (χ0v) is 9.76. The van der Waals surface area contributed by atoms with Gasteiger partial charge in [-0.3, -0.25) is 0 Å². The molecule has 1 aromatic carbocycles. The van der Waals surface area contributed by atoms with E-state index in [1.165, 1.54) is 44.5 Å². The predicted molar refractivity (Wildman–Crippen MR) is 67.9 cm³/mol. The second-order valence-electron chi connectivity index (χ2n) is 5.10. The maximum absolute atomic E-state index is 3.56. The lowest BCUT2D eigenvalue weighted by Crippen LogP contribution is -2.45. The van der Waals surface area contributed by atoms with Gasteiger partial charge in [-0.1, -0.05) is 6.07 Å². The van der Waals surface area contributed by atoms with Crippen LogP contribution in [0.1, 0.15) is 24.0 Å². The van der Waals surface area contributed by atoms with Crippen LogP contribution in [0.5, 0.6) is 0 Å². The van der Waals surface area contributed by atoms with E-state index < -0.39 is 0 Å². The lowest BCUT2D eigenvalue weighted by Gasteiger charge is -2.27. The van der Waals surface area contributed by atoms with Crippen LogP contribution in [-0.2, 0) is 12.8 Å². The van der Waals surface area contributed by atoms with Crippen molar-refractivity contribution in [3.63, 3.8) is 0 Å². The summed E-state index contributed by atoms with van der Waals surface area (Å²) in [5.41, 5.74) is 4.46. The minimum atomic E-state index is 0.830. The number of fused-ring (bicyclic) bond motifs is 1. The van der Waals surface area contributed by atoms with E-state index in [0.717, 1.165) is 12.5 Å². The lowest BCUT2D eigenvalue weighted by atomic mass is 9.91. The first kappa shape index (κ1) is 10.2. The molecular formula is C14H20N2. The van der Waals surface area contributed by atoms with E-state index in [1.807, 2.05) is 0 Å². The Balaban J connectivity index is 1.65. The standard InChI is InChI=1S/C14H20N2/c1-2-4-13-7-14(6-5-12(13)3-1)16-10-11-8-15-9-11/h5-7,11,15-16H,1-4,8-10H2. The zero-order valence-electron chi connectivity index (χ0n) is 9.76.